The van der Waals surface area contributed by atoms with Gasteiger partial charge in [-0.15, -0.1) is 0 Å². The minimum absolute atomic E-state index is 0.0161. The number of H-pyrrole nitrogens is 1. The Balaban J connectivity index is 1.71. The topological polar surface area (TPSA) is 77.7 Å². The van der Waals surface area contributed by atoms with Crippen LogP contribution in [0.1, 0.15) is 17.7 Å². The van der Waals surface area contributed by atoms with Crippen LogP contribution in [0.3, 0.4) is 0 Å². The van der Waals surface area contributed by atoms with Gasteiger partial charge < -0.3 is 15.0 Å². The summed E-state index contributed by atoms with van der Waals surface area (Å²) in [6.07, 6.45) is 1.13. The second-order valence-corrected chi connectivity index (χ2v) is 6.57. The van der Waals surface area contributed by atoms with Crippen molar-refractivity contribution in [2.45, 2.75) is 19.8 Å². The van der Waals surface area contributed by atoms with Gasteiger partial charge >= 0.3 is 5.97 Å². The molecule has 2 heterocycles. The third-order valence-electron chi connectivity index (χ3n) is 4.52. The number of aryl methyl sites for hydroxylation is 1. The first-order valence-electron chi connectivity index (χ1n) is 8.50. The molecular weight excluding hydrogens is 352 g/mol. The minimum atomic E-state index is -0.404. The number of ether oxygens (including phenoxy) is 1. The SMILES string of the molecule is COC(=O)CNC(=S)N1CCCN1C(=O)Cc1c(C)[nH]c2ccccc12. The van der Waals surface area contributed by atoms with Gasteiger partial charge in [-0.3, -0.25) is 19.6 Å². The number of carbonyl (C=O) groups excluding carboxylic acids is 2. The minimum Gasteiger partial charge on any atom is -0.468 e. The largest absolute Gasteiger partial charge is 0.468 e. The Morgan fingerprint density at radius 2 is 2.00 bits per heavy atom. The van der Waals surface area contributed by atoms with Gasteiger partial charge in [0.15, 0.2) is 5.11 Å². The molecule has 8 heteroatoms. The van der Waals surface area contributed by atoms with Crippen molar-refractivity contribution >= 4 is 40.1 Å². The van der Waals surface area contributed by atoms with E-state index in [0.29, 0.717) is 24.6 Å². The van der Waals surface area contributed by atoms with Crippen molar-refractivity contribution < 1.29 is 14.3 Å². The Bertz CT molecular complexity index is 848. The smallest absolute Gasteiger partial charge is 0.325 e. The van der Waals surface area contributed by atoms with Crippen molar-refractivity contribution in [3.8, 4) is 0 Å². The lowest BCUT2D eigenvalue weighted by atomic mass is 10.1. The van der Waals surface area contributed by atoms with Crippen LogP contribution >= 0.6 is 12.2 Å². The van der Waals surface area contributed by atoms with E-state index in [0.717, 1.165) is 28.6 Å². The van der Waals surface area contributed by atoms with E-state index in [1.807, 2.05) is 31.2 Å². The number of carbonyl (C=O) groups is 2. The number of aromatic amines is 1. The molecule has 0 spiro atoms. The van der Waals surface area contributed by atoms with Crippen LogP contribution in [0.4, 0.5) is 0 Å². The first-order chi connectivity index (χ1) is 12.5. The number of rotatable bonds is 4. The summed E-state index contributed by atoms with van der Waals surface area (Å²) in [6, 6.07) is 7.96. The van der Waals surface area contributed by atoms with Crippen LogP contribution in [-0.2, 0) is 20.7 Å². The van der Waals surface area contributed by atoms with Crippen LogP contribution < -0.4 is 5.32 Å². The number of nitrogens with one attached hydrogen (secondary N) is 2. The fourth-order valence-electron chi connectivity index (χ4n) is 3.20. The molecule has 0 radical (unpaired) electrons. The number of methoxy groups -OCH3 is 1. The fourth-order valence-corrected chi connectivity index (χ4v) is 3.46. The van der Waals surface area contributed by atoms with Crippen molar-refractivity contribution in [1.82, 2.24) is 20.3 Å². The molecule has 2 aromatic rings. The predicted octanol–water partition coefficient (Wildman–Crippen LogP) is 1.52. The van der Waals surface area contributed by atoms with Crippen LogP contribution in [0.15, 0.2) is 24.3 Å². The summed E-state index contributed by atoms with van der Waals surface area (Å²) in [5.41, 5.74) is 3.03. The molecule has 1 aliphatic heterocycles. The van der Waals surface area contributed by atoms with Crippen LogP contribution in [0.5, 0.6) is 0 Å². The molecule has 1 saturated heterocycles. The first-order valence-corrected chi connectivity index (χ1v) is 8.90. The van der Waals surface area contributed by atoms with Gasteiger partial charge in [-0.05, 0) is 37.2 Å². The van der Waals surface area contributed by atoms with Crippen LogP contribution in [0.25, 0.3) is 10.9 Å². The molecule has 1 aromatic heterocycles. The lowest BCUT2D eigenvalue weighted by molar-refractivity contribution is -0.139. The van der Waals surface area contributed by atoms with Crippen LogP contribution in [0, 0.1) is 6.92 Å². The lowest BCUT2D eigenvalue weighted by Gasteiger charge is -2.30. The summed E-state index contributed by atoms with van der Waals surface area (Å²) in [7, 11) is 1.32. The van der Waals surface area contributed by atoms with Crippen molar-refractivity contribution in [2.24, 2.45) is 0 Å². The monoisotopic (exact) mass is 374 g/mol. The Morgan fingerprint density at radius 3 is 2.77 bits per heavy atom. The number of aromatic nitrogens is 1. The number of esters is 1. The Labute approximate surface area is 157 Å². The van der Waals surface area contributed by atoms with E-state index in [1.165, 1.54) is 7.11 Å². The van der Waals surface area contributed by atoms with Crippen LogP contribution in [0.2, 0.25) is 0 Å². The van der Waals surface area contributed by atoms with Gasteiger partial charge in [0.05, 0.1) is 13.5 Å². The van der Waals surface area contributed by atoms with E-state index in [4.69, 9.17) is 12.2 Å². The van der Waals surface area contributed by atoms with Gasteiger partial charge in [-0.25, -0.2) is 0 Å². The number of hydrogen-bond acceptors (Lipinski definition) is 4. The van der Waals surface area contributed by atoms with Gasteiger partial charge in [-0.1, -0.05) is 18.2 Å². The zero-order valence-electron chi connectivity index (χ0n) is 14.9. The molecule has 1 amide bonds. The molecule has 1 fully saturated rings. The molecule has 0 atom stereocenters. The zero-order valence-corrected chi connectivity index (χ0v) is 15.7. The quantitative estimate of drug-likeness (QED) is 0.624. The standard InChI is InChI=1S/C18H22N4O3S/c1-12-14(13-6-3-4-7-15(13)20-12)10-16(23)21-8-5-9-22(21)18(26)19-11-17(24)25-2/h3-4,6-7,20H,5,8-11H2,1-2H3,(H,19,26). The molecule has 26 heavy (non-hydrogen) atoms. The Kier molecular flexibility index (Phi) is 5.41. The highest BCUT2D eigenvalue weighted by atomic mass is 32.1. The number of thiocarbonyl (C=S) groups is 1. The van der Waals surface area contributed by atoms with Crippen molar-refractivity contribution in [3.05, 3.63) is 35.5 Å². The summed E-state index contributed by atoms with van der Waals surface area (Å²) >= 11 is 5.33. The molecule has 7 nitrogen and oxygen atoms in total. The molecule has 138 valence electrons. The Hall–Kier alpha value is -2.61. The number of hydrogen-bond donors (Lipinski definition) is 2. The van der Waals surface area contributed by atoms with E-state index < -0.39 is 5.97 Å². The van der Waals surface area contributed by atoms with Gasteiger partial charge in [-0.2, -0.15) is 0 Å². The maximum atomic E-state index is 12.9. The number of benzene rings is 1. The maximum Gasteiger partial charge on any atom is 0.325 e. The number of para-hydroxylation sites is 1. The second kappa shape index (κ2) is 7.74. The number of hydrazine groups is 1. The van der Waals surface area contributed by atoms with Crippen molar-refractivity contribution in [2.75, 3.05) is 26.7 Å². The van der Waals surface area contributed by atoms with E-state index >= 15 is 0 Å². The highest BCUT2D eigenvalue weighted by Gasteiger charge is 2.29. The summed E-state index contributed by atoms with van der Waals surface area (Å²) < 4.78 is 4.60. The number of amides is 1. The summed E-state index contributed by atoms with van der Waals surface area (Å²) in [4.78, 5) is 27.5. The molecule has 2 N–H and O–H groups in total. The molecule has 3 rings (SSSR count). The Morgan fingerprint density at radius 1 is 1.27 bits per heavy atom. The molecule has 0 bridgehead atoms. The average Bonchev–Trinajstić information content (AvgIpc) is 3.24. The lowest BCUT2D eigenvalue weighted by Crippen LogP contribution is -2.50. The predicted molar refractivity (Wildman–Crippen MR) is 102 cm³/mol. The summed E-state index contributed by atoms with van der Waals surface area (Å²) in [5.74, 6) is -0.420. The van der Waals surface area contributed by atoms with Gasteiger partial charge in [0.2, 0.25) is 5.91 Å². The van der Waals surface area contributed by atoms with E-state index in [1.54, 1.807) is 10.0 Å². The van der Waals surface area contributed by atoms with Crippen molar-refractivity contribution in [1.29, 1.82) is 0 Å². The van der Waals surface area contributed by atoms with E-state index in [2.05, 4.69) is 15.0 Å². The van der Waals surface area contributed by atoms with Gasteiger partial charge in [0.1, 0.15) is 6.54 Å². The fraction of sp³-hybridized carbons (Fsp3) is 0.389. The average molecular weight is 374 g/mol. The van der Waals surface area contributed by atoms with Crippen LogP contribution in [-0.4, -0.2) is 58.7 Å². The summed E-state index contributed by atoms with van der Waals surface area (Å²) in [5, 5.41) is 7.65. The van der Waals surface area contributed by atoms with E-state index in [9.17, 15) is 9.59 Å². The third-order valence-corrected chi connectivity index (χ3v) is 4.88. The van der Waals surface area contributed by atoms with Gasteiger partial charge in [0, 0.05) is 29.7 Å². The number of nitrogens with zero attached hydrogens (tertiary/aromatic N) is 2. The maximum absolute atomic E-state index is 12.9. The number of fused-ring (bicyclic) bond motifs is 1. The molecule has 0 unspecified atom stereocenters. The molecule has 0 aliphatic carbocycles. The van der Waals surface area contributed by atoms with Gasteiger partial charge in [0.25, 0.3) is 0 Å². The summed E-state index contributed by atoms with van der Waals surface area (Å²) in [6.45, 7) is 3.22. The first kappa shape index (κ1) is 18.2. The second-order valence-electron chi connectivity index (χ2n) is 6.18. The highest BCUT2D eigenvalue weighted by molar-refractivity contribution is 7.80. The molecule has 0 saturated carbocycles. The van der Waals surface area contributed by atoms with E-state index in [-0.39, 0.29) is 12.5 Å². The third kappa shape index (κ3) is 3.65. The van der Waals surface area contributed by atoms with Crippen molar-refractivity contribution in [3.63, 3.8) is 0 Å². The molecule has 1 aromatic carbocycles. The zero-order chi connectivity index (χ0) is 18.7. The normalized spacial score (nSPS) is 13.9. The molecular formula is C18H22N4O3S. The molecule has 1 aliphatic rings. The highest BCUT2D eigenvalue weighted by Crippen LogP contribution is 2.23.